The van der Waals surface area contributed by atoms with Crippen LogP contribution in [-0.2, 0) is 0 Å². The van der Waals surface area contributed by atoms with Gasteiger partial charge in [-0.15, -0.1) is 0 Å². The van der Waals surface area contributed by atoms with E-state index in [9.17, 15) is 4.39 Å². The van der Waals surface area contributed by atoms with Gasteiger partial charge in [0.2, 0.25) is 0 Å². The molecule has 2 aromatic carbocycles. The van der Waals surface area contributed by atoms with Gasteiger partial charge in [-0.25, -0.2) is 4.39 Å². The van der Waals surface area contributed by atoms with E-state index < -0.39 is 0 Å². The monoisotopic (exact) mass is 216 g/mol. The van der Waals surface area contributed by atoms with Crippen LogP contribution in [0.1, 0.15) is 5.56 Å². The average Bonchev–Trinajstić information content (AvgIpc) is 2.25. The molecule has 0 unspecified atom stereocenters. The maximum atomic E-state index is 13.4. The van der Waals surface area contributed by atoms with Gasteiger partial charge in [0.1, 0.15) is 5.82 Å². The number of hydrogen-bond donors (Lipinski definition) is 2. The first kappa shape index (κ1) is 10.5. The Hall–Kier alpha value is -2.03. The number of para-hydroxylation sites is 1. The van der Waals surface area contributed by atoms with Crippen LogP contribution < -0.4 is 11.1 Å². The molecule has 0 spiro atoms. The van der Waals surface area contributed by atoms with Crippen LogP contribution in [0.25, 0.3) is 0 Å². The van der Waals surface area contributed by atoms with Crippen molar-refractivity contribution >= 4 is 17.1 Å². The maximum Gasteiger partial charge on any atom is 0.146 e. The first-order valence-electron chi connectivity index (χ1n) is 5.04. The standard InChI is InChI=1S/C13H13FN2/c1-9-8-10(15)6-7-12(9)16-13-5-3-2-4-11(13)14/h2-8,16H,15H2,1H3. The molecule has 0 aliphatic carbocycles. The van der Waals surface area contributed by atoms with Crippen molar-refractivity contribution in [1.82, 2.24) is 0 Å². The summed E-state index contributed by atoms with van der Waals surface area (Å²) < 4.78 is 13.4. The van der Waals surface area contributed by atoms with Gasteiger partial charge in [-0.1, -0.05) is 12.1 Å². The number of anilines is 3. The Morgan fingerprint density at radius 3 is 2.50 bits per heavy atom. The van der Waals surface area contributed by atoms with Gasteiger partial charge in [-0.2, -0.15) is 0 Å². The molecule has 0 fully saturated rings. The predicted molar refractivity (Wildman–Crippen MR) is 65.3 cm³/mol. The zero-order valence-electron chi connectivity index (χ0n) is 9.00. The van der Waals surface area contributed by atoms with E-state index in [1.165, 1.54) is 6.07 Å². The Morgan fingerprint density at radius 2 is 1.81 bits per heavy atom. The normalized spacial score (nSPS) is 10.1. The molecule has 3 N–H and O–H groups in total. The number of benzene rings is 2. The van der Waals surface area contributed by atoms with Crippen molar-refractivity contribution in [2.24, 2.45) is 0 Å². The molecule has 0 amide bonds. The number of nitrogens with one attached hydrogen (secondary N) is 1. The number of aryl methyl sites for hydroxylation is 1. The zero-order valence-corrected chi connectivity index (χ0v) is 9.00. The highest BCUT2D eigenvalue weighted by atomic mass is 19.1. The van der Waals surface area contributed by atoms with Gasteiger partial charge in [-0.05, 0) is 42.8 Å². The fourth-order valence-corrected chi connectivity index (χ4v) is 1.53. The van der Waals surface area contributed by atoms with Gasteiger partial charge in [0.15, 0.2) is 0 Å². The van der Waals surface area contributed by atoms with Crippen molar-refractivity contribution in [3.63, 3.8) is 0 Å². The quantitative estimate of drug-likeness (QED) is 0.754. The Balaban J connectivity index is 2.31. The van der Waals surface area contributed by atoms with Crippen molar-refractivity contribution in [1.29, 1.82) is 0 Å². The summed E-state index contributed by atoms with van der Waals surface area (Å²) in [5, 5.41) is 3.04. The van der Waals surface area contributed by atoms with Crippen molar-refractivity contribution in [3.05, 3.63) is 53.8 Å². The van der Waals surface area contributed by atoms with Crippen LogP contribution in [-0.4, -0.2) is 0 Å². The van der Waals surface area contributed by atoms with E-state index in [0.717, 1.165) is 11.3 Å². The van der Waals surface area contributed by atoms with E-state index in [2.05, 4.69) is 5.32 Å². The van der Waals surface area contributed by atoms with E-state index in [4.69, 9.17) is 5.73 Å². The number of rotatable bonds is 2. The van der Waals surface area contributed by atoms with Crippen LogP contribution in [0.2, 0.25) is 0 Å². The van der Waals surface area contributed by atoms with E-state index in [-0.39, 0.29) is 5.82 Å². The zero-order chi connectivity index (χ0) is 11.5. The molecule has 0 aliphatic rings. The molecule has 2 aromatic rings. The second kappa shape index (κ2) is 4.23. The highest BCUT2D eigenvalue weighted by molar-refractivity contribution is 5.65. The lowest BCUT2D eigenvalue weighted by molar-refractivity contribution is 0.632. The molecule has 0 saturated carbocycles. The summed E-state index contributed by atoms with van der Waals surface area (Å²) in [6, 6.07) is 12.1. The highest BCUT2D eigenvalue weighted by Crippen LogP contribution is 2.23. The number of halogens is 1. The Bertz CT molecular complexity index is 509. The molecule has 2 nitrogen and oxygen atoms in total. The molecule has 16 heavy (non-hydrogen) atoms. The van der Waals surface area contributed by atoms with Crippen LogP contribution in [0.4, 0.5) is 21.5 Å². The Labute approximate surface area is 93.9 Å². The molecule has 0 atom stereocenters. The smallest absolute Gasteiger partial charge is 0.146 e. The summed E-state index contributed by atoms with van der Waals surface area (Å²) in [6.45, 7) is 1.93. The molecule has 0 aliphatic heterocycles. The number of nitrogen functional groups attached to an aromatic ring is 1. The third-order valence-corrected chi connectivity index (χ3v) is 2.39. The summed E-state index contributed by atoms with van der Waals surface area (Å²) in [7, 11) is 0. The third kappa shape index (κ3) is 2.14. The van der Waals surface area contributed by atoms with Gasteiger partial charge in [-0.3, -0.25) is 0 Å². The van der Waals surface area contributed by atoms with Crippen molar-refractivity contribution < 1.29 is 4.39 Å². The molecular weight excluding hydrogens is 203 g/mol. The van der Waals surface area contributed by atoms with E-state index in [1.807, 2.05) is 19.1 Å². The number of nitrogens with two attached hydrogens (primary N) is 1. The molecule has 0 saturated heterocycles. The summed E-state index contributed by atoms with van der Waals surface area (Å²) in [5.74, 6) is -0.265. The SMILES string of the molecule is Cc1cc(N)ccc1Nc1ccccc1F. The minimum atomic E-state index is -0.265. The lowest BCUT2D eigenvalue weighted by Crippen LogP contribution is -1.96. The van der Waals surface area contributed by atoms with E-state index in [0.29, 0.717) is 11.4 Å². The predicted octanol–water partition coefficient (Wildman–Crippen LogP) is 3.46. The topological polar surface area (TPSA) is 38.0 Å². The summed E-state index contributed by atoms with van der Waals surface area (Å²) >= 11 is 0. The largest absolute Gasteiger partial charge is 0.399 e. The second-order valence-electron chi connectivity index (χ2n) is 3.68. The van der Waals surface area contributed by atoms with Gasteiger partial charge >= 0.3 is 0 Å². The van der Waals surface area contributed by atoms with Crippen LogP contribution in [0.3, 0.4) is 0 Å². The second-order valence-corrected chi connectivity index (χ2v) is 3.68. The van der Waals surface area contributed by atoms with Crippen LogP contribution in [0.15, 0.2) is 42.5 Å². The lowest BCUT2D eigenvalue weighted by Gasteiger charge is -2.10. The minimum Gasteiger partial charge on any atom is -0.399 e. The van der Waals surface area contributed by atoms with Crippen molar-refractivity contribution in [3.8, 4) is 0 Å². The van der Waals surface area contributed by atoms with Gasteiger partial charge < -0.3 is 11.1 Å². The maximum absolute atomic E-state index is 13.4. The van der Waals surface area contributed by atoms with Crippen LogP contribution in [0.5, 0.6) is 0 Å². The average molecular weight is 216 g/mol. The van der Waals surface area contributed by atoms with E-state index >= 15 is 0 Å². The highest BCUT2D eigenvalue weighted by Gasteiger charge is 2.03. The molecular formula is C13H13FN2. The summed E-state index contributed by atoms with van der Waals surface area (Å²) in [5.41, 5.74) is 8.67. The van der Waals surface area contributed by atoms with Gasteiger partial charge in [0.05, 0.1) is 5.69 Å². The molecule has 0 heterocycles. The molecule has 0 radical (unpaired) electrons. The minimum absolute atomic E-state index is 0.265. The Kier molecular flexibility index (Phi) is 2.77. The number of hydrogen-bond acceptors (Lipinski definition) is 2. The fourth-order valence-electron chi connectivity index (χ4n) is 1.53. The summed E-state index contributed by atoms with van der Waals surface area (Å²) in [6.07, 6.45) is 0. The summed E-state index contributed by atoms with van der Waals surface area (Å²) in [4.78, 5) is 0. The molecule has 2 rings (SSSR count). The molecule has 3 heteroatoms. The molecule has 0 bridgehead atoms. The van der Waals surface area contributed by atoms with Gasteiger partial charge in [0.25, 0.3) is 0 Å². The first-order valence-corrected chi connectivity index (χ1v) is 5.04. The molecule has 82 valence electrons. The third-order valence-electron chi connectivity index (χ3n) is 2.39. The van der Waals surface area contributed by atoms with E-state index in [1.54, 1.807) is 24.3 Å². The van der Waals surface area contributed by atoms with Crippen LogP contribution in [0, 0.1) is 12.7 Å². The van der Waals surface area contributed by atoms with Crippen LogP contribution >= 0.6 is 0 Å². The molecule has 0 aromatic heterocycles. The first-order chi connectivity index (χ1) is 7.66. The fraction of sp³-hybridized carbons (Fsp3) is 0.0769. The van der Waals surface area contributed by atoms with Crippen molar-refractivity contribution in [2.75, 3.05) is 11.1 Å². The lowest BCUT2D eigenvalue weighted by atomic mass is 10.1. The Morgan fingerprint density at radius 1 is 1.06 bits per heavy atom. The van der Waals surface area contributed by atoms with Gasteiger partial charge in [0, 0.05) is 11.4 Å². The van der Waals surface area contributed by atoms with Crippen molar-refractivity contribution in [2.45, 2.75) is 6.92 Å².